The van der Waals surface area contributed by atoms with E-state index in [1.54, 1.807) is 6.92 Å². The average Bonchev–Trinajstić information content (AvgIpc) is 3.28. The summed E-state index contributed by atoms with van der Waals surface area (Å²) in [5, 5.41) is 0. The highest BCUT2D eigenvalue weighted by Gasteiger charge is 2.83. The summed E-state index contributed by atoms with van der Waals surface area (Å²) < 4.78 is 12.9. The summed E-state index contributed by atoms with van der Waals surface area (Å²) in [5.41, 5.74) is 0.493. The van der Waals surface area contributed by atoms with Crippen LogP contribution in [0.5, 0.6) is 0 Å². The zero-order chi connectivity index (χ0) is 27.7. The molecule has 1 saturated heterocycles. The van der Waals surface area contributed by atoms with Gasteiger partial charge in [-0.25, -0.2) is 0 Å². The third-order valence-electron chi connectivity index (χ3n) is 13.4. The van der Waals surface area contributed by atoms with E-state index in [1.807, 2.05) is 0 Å². The van der Waals surface area contributed by atoms with Crippen molar-refractivity contribution in [1.29, 1.82) is 0 Å². The molecule has 0 N–H and O–H groups in total. The maximum atomic E-state index is 11.9. The van der Waals surface area contributed by atoms with Gasteiger partial charge >= 0.3 is 5.97 Å². The molecule has 5 aliphatic rings. The monoisotopic (exact) mass is 529 g/mol. The van der Waals surface area contributed by atoms with Gasteiger partial charge in [0.15, 0.2) is 0 Å². The Balaban J connectivity index is 1.38. The van der Waals surface area contributed by atoms with E-state index in [9.17, 15) is 4.79 Å². The van der Waals surface area contributed by atoms with Gasteiger partial charge < -0.3 is 14.4 Å². The maximum absolute atomic E-state index is 11.9. The molecule has 4 heteroatoms. The van der Waals surface area contributed by atoms with Crippen molar-refractivity contribution in [3.63, 3.8) is 0 Å². The van der Waals surface area contributed by atoms with Crippen LogP contribution in [0.1, 0.15) is 119 Å². The number of rotatable bonds is 9. The van der Waals surface area contributed by atoms with Crippen LogP contribution in [0.2, 0.25) is 0 Å². The topological polar surface area (TPSA) is 42.1 Å². The van der Waals surface area contributed by atoms with E-state index < -0.39 is 0 Å². The maximum Gasteiger partial charge on any atom is 0.302 e. The molecule has 4 saturated carbocycles. The molecule has 0 amide bonds. The summed E-state index contributed by atoms with van der Waals surface area (Å²) in [4.78, 5) is 14.2. The first-order valence-corrected chi connectivity index (χ1v) is 16.3. The number of carbonyl (C=O) groups is 1. The van der Waals surface area contributed by atoms with Gasteiger partial charge in [0.1, 0.15) is 17.3 Å². The Morgan fingerprint density at radius 2 is 1.74 bits per heavy atom. The zero-order valence-electron chi connectivity index (χ0n) is 26.3. The summed E-state index contributed by atoms with van der Waals surface area (Å²) >= 11 is 0. The van der Waals surface area contributed by atoms with E-state index in [2.05, 4.69) is 60.5 Å². The highest BCUT2D eigenvalue weighted by atomic mass is 16.6. The number of likely N-dealkylation sites (N-methyl/N-ethyl adjacent to an activating group) is 1. The van der Waals surface area contributed by atoms with Gasteiger partial charge in [-0.15, -0.1) is 0 Å². The second kappa shape index (κ2) is 10.0. The molecule has 218 valence electrons. The predicted octanol–water partition coefficient (Wildman–Crippen LogP) is 7.74. The Kier molecular flexibility index (Phi) is 7.63. The number of hydrogen-bond donors (Lipinski definition) is 0. The van der Waals surface area contributed by atoms with Crippen molar-refractivity contribution in [3.05, 3.63) is 0 Å². The van der Waals surface area contributed by atoms with Crippen molar-refractivity contribution >= 4 is 5.97 Å². The molecule has 0 unspecified atom stereocenters. The summed E-state index contributed by atoms with van der Waals surface area (Å²) in [6.07, 6.45) is 14.0. The lowest BCUT2D eigenvalue weighted by Crippen LogP contribution is -2.62. The third kappa shape index (κ3) is 4.32. The van der Waals surface area contributed by atoms with Crippen LogP contribution in [0, 0.1) is 52.3 Å². The molecule has 11 atom stereocenters. The number of nitrogens with zero attached hydrogens (tertiary/aromatic N) is 1. The Bertz CT molecular complexity index is 887. The van der Waals surface area contributed by atoms with E-state index in [0.717, 1.165) is 67.2 Å². The highest BCUT2D eigenvalue weighted by molar-refractivity contribution is 5.66. The number of fused-ring (bicyclic) bond motifs is 4. The van der Waals surface area contributed by atoms with Crippen LogP contribution in [0.15, 0.2) is 0 Å². The summed E-state index contributed by atoms with van der Waals surface area (Å²) in [6, 6.07) is 0. The quantitative estimate of drug-likeness (QED) is 0.226. The molecule has 5 rings (SSSR count). The SMILES string of the molecule is CC[C@H](CC[C@@H](C)[C@H]1CC[C@H]2[C@@H]3C[C@@]4(CN(C)C)O[C@@]45C[C@@H](OC(C)=O)CC[C@]5(C)[C@H]3CC[C@]12C)C(C)C. The summed E-state index contributed by atoms with van der Waals surface area (Å²) in [7, 11) is 4.41. The van der Waals surface area contributed by atoms with Crippen molar-refractivity contribution in [1.82, 2.24) is 4.90 Å². The Hall–Kier alpha value is -0.610. The second-order valence-corrected chi connectivity index (χ2v) is 15.8. The van der Waals surface area contributed by atoms with E-state index in [-0.39, 0.29) is 28.7 Å². The van der Waals surface area contributed by atoms with Crippen LogP contribution >= 0.6 is 0 Å². The number of hydrogen-bond acceptors (Lipinski definition) is 4. The molecular formula is C34H59NO3. The van der Waals surface area contributed by atoms with Crippen LogP contribution in [0.4, 0.5) is 0 Å². The van der Waals surface area contributed by atoms with Crippen molar-refractivity contribution < 1.29 is 14.3 Å². The molecule has 0 radical (unpaired) electrons. The van der Waals surface area contributed by atoms with Crippen LogP contribution < -0.4 is 0 Å². The summed E-state index contributed by atoms with van der Waals surface area (Å²) in [6.45, 7) is 17.7. The second-order valence-electron chi connectivity index (χ2n) is 15.8. The highest BCUT2D eigenvalue weighted by Crippen LogP contribution is 2.78. The molecule has 5 fully saturated rings. The first-order chi connectivity index (χ1) is 17.8. The molecule has 0 aromatic rings. The normalized spacial score (nSPS) is 47.1. The molecule has 1 aliphatic heterocycles. The van der Waals surface area contributed by atoms with E-state index in [1.165, 1.54) is 51.4 Å². The Morgan fingerprint density at radius 3 is 2.37 bits per heavy atom. The molecule has 0 bridgehead atoms. The Labute approximate surface area is 234 Å². The molecular weight excluding hydrogens is 470 g/mol. The zero-order valence-corrected chi connectivity index (χ0v) is 26.3. The Morgan fingerprint density at radius 1 is 1.00 bits per heavy atom. The minimum Gasteiger partial charge on any atom is -0.462 e. The minimum absolute atomic E-state index is 0.0181. The number of carbonyl (C=O) groups excluding carboxylic acids is 1. The lowest BCUT2D eigenvalue weighted by atomic mass is 9.42. The third-order valence-corrected chi connectivity index (χ3v) is 13.4. The van der Waals surface area contributed by atoms with Gasteiger partial charge in [-0.1, -0.05) is 54.4 Å². The van der Waals surface area contributed by atoms with E-state index >= 15 is 0 Å². The molecule has 4 nitrogen and oxygen atoms in total. The van der Waals surface area contributed by atoms with Gasteiger partial charge in [0, 0.05) is 25.3 Å². The first-order valence-electron chi connectivity index (χ1n) is 16.3. The predicted molar refractivity (Wildman–Crippen MR) is 155 cm³/mol. The van der Waals surface area contributed by atoms with Crippen molar-refractivity contribution in [2.24, 2.45) is 52.3 Å². The molecule has 4 aliphatic carbocycles. The largest absolute Gasteiger partial charge is 0.462 e. The van der Waals surface area contributed by atoms with Crippen LogP contribution in [-0.2, 0) is 14.3 Å². The lowest BCUT2D eigenvalue weighted by Gasteiger charge is -2.61. The summed E-state index contributed by atoms with van der Waals surface area (Å²) in [5.74, 6) is 5.62. The molecule has 0 aromatic carbocycles. The number of epoxide rings is 1. The van der Waals surface area contributed by atoms with Crippen LogP contribution in [-0.4, -0.2) is 48.8 Å². The van der Waals surface area contributed by atoms with Gasteiger partial charge in [-0.3, -0.25) is 4.79 Å². The standard InChI is InChI=1S/C34H59NO3/c1-10-25(22(2)3)12-11-23(4)28-13-14-29-27-20-33(21-35(8)9)34(38-33)19-26(37-24(5)36)15-18-32(34,7)30(27)16-17-31(28,29)6/h22-23,25-30H,10-21H2,1-9H3/t23-,25-,26+,27+,28-,29+,30+,31-,32-,33+,34-/m1/s1. The first kappa shape index (κ1) is 28.9. The van der Waals surface area contributed by atoms with Crippen LogP contribution in [0.25, 0.3) is 0 Å². The fourth-order valence-corrected chi connectivity index (χ4v) is 11.7. The molecule has 1 spiro atoms. The van der Waals surface area contributed by atoms with Gasteiger partial charge in [-0.05, 0) is 112 Å². The number of esters is 1. The molecule has 1 heterocycles. The van der Waals surface area contributed by atoms with E-state index in [4.69, 9.17) is 9.47 Å². The molecule has 0 aromatic heterocycles. The lowest BCUT2D eigenvalue weighted by molar-refractivity contribution is -0.159. The van der Waals surface area contributed by atoms with Gasteiger partial charge in [0.05, 0.1) is 0 Å². The van der Waals surface area contributed by atoms with Crippen molar-refractivity contribution in [2.75, 3.05) is 20.6 Å². The fraction of sp³-hybridized carbons (Fsp3) is 0.971. The van der Waals surface area contributed by atoms with Crippen molar-refractivity contribution in [3.8, 4) is 0 Å². The van der Waals surface area contributed by atoms with Crippen LogP contribution in [0.3, 0.4) is 0 Å². The van der Waals surface area contributed by atoms with Gasteiger partial charge in [-0.2, -0.15) is 0 Å². The van der Waals surface area contributed by atoms with Gasteiger partial charge in [0.25, 0.3) is 0 Å². The average molecular weight is 530 g/mol. The smallest absolute Gasteiger partial charge is 0.302 e. The van der Waals surface area contributed by atoms with Crippen molar-refractivity contribution in [2.45, 2.75) is 136 Å². The van der Waals surface area contributed by atoms with Gasteiger partial charge in [0.2, 0.25) is 0 Å². The fourth-order valence-electron chi connectivity index (χ4n) is 11.7. The number of ether oxygens (including phenoxy) is 2. The molecule has 38 heavy (non-hydrogen) atoms. The minimum atomic E-state index is -0.138. The van der Waals surface area contributed by atoms with E-state index in [0.29, 0.717) is 5.41 Å².